The molecular weight excluding hydrogens is 585 g/mol. The Kier molecular flexibility index (Phi) is 6.60. The van der Waals surface area contributed by atoms with Crippen molar-refractivity contribution in [2.24, 2.45) is 33.5 Å². The van der Waals surface area contributed by atoms with Gasteiger partial charge in [0.05, 0.1) is 17.3 Å². The predicted octanol–water partition coefficient (Wildman–Crippen LogP) is 10.5. The number of aliphatic hydroxyl groups is 2. The fraction of sp³-hybridized carbons (Fsp3) is 0.878. The van der Waals surface area contributed by atoms with Crippen molar-refractivity contribution in [3.63, 3.8) is 0 Å². The van der Waals surface area contributed by atoms with Gasteiger partial charge in [-0.25, -0.2) is 0 Å². The van der Waals surface area contributed by atoms with Gasteiger partial charge in [-0.05, 0) is 184 Å². The molecule has 0 aromatic heterocycles. The van der Waals surface area contributed by atoms with Gasteiger partial charge in [-0.2, -0.15) is 0 Å². The third-order valence-corrected chi connectivity index (χ3v) is 13.8. The van der Waals surface area contributed by atoms with Crippen LogP contribution in [0.4, 0.5) is 0 Å². The number of hydrogen-bond donors (Lipinski definition) is 2. The molecule has 0 spiro atoms. The molecule has 0 amide bonds. The first kappa shape index (κ1) is 23.6. The number of hydrogen-bond acceptors (Lipinski definition) is 4. The maximum atomic E-state index is 12.5. The summed E-state index contributed by atoms with van der Waals surface area (Å²) in [7, 11) is -2.43. The zero-order chi connectivity index (χ0) is 43.8. The molecule has 262 valence electrons. The number of rotatable bonds is 12. The number of Topliss-reactive ketones (excluding diaryl/α,β-unsaturated/α-hetero) is 1. The maximum Gasteiger partial charge on any atom is 0.184 e. The van der Waals surface area contributed by atoms with Crippen molar-refractivity contribution >= 4 is 14.1 Å². The first-order chi connectivity index (χ1) is 26.2. The maximum absolute atomic E-state index is 12.5. The molecule has 2 N–H and O–H groups in total. The Bertz CT molecular complexity index is 1550. The Morgan fingerprint density at radius 1 is 0.870 bits per heavy atom. The normalized spacial score (nSPS) is 39.5. The van der Waals surface area contributed by atoms with Gasteiger partial charge in [0, 0.05) is 28.8 Å². The van der Waals surface area contributed by atoms with E-state index >= 15 is 0 Å². The van der Waals surface area contributed by atoms with Gasteiger partial charge in [0.2, 0.25) is 0 Å². The van der Waals surface area contributed by atoms with E-state index in [0.717, 1.165) is 77.0 Å². The smallest absolute Gasteiger partial charge is 0.184 e. The first-order valence-electron chi connectivity index (χ1n) is 24.3. The molecule has 4 saturated carbocycles. The standard InChI is InChI=1S/C22H38O2Si.C19H32O2/c1-20(2,24-25(4,5)6)12-8-14-22(15-16-22)19-11-10-17-18(23)9-7-13-21(17,19)3;1-17(2,21)9-5-11-19(12-13-19)16-8-7-14-15(20)6-4-10-18(14,16)3/h11,17H,7-10,12-16H2,1-6H3;8,14-15,20-21H,4-7,9-13H2,1-3H3/t17?,21-;14?,15-,18-/m00/s1/i2*1D3,2D3. The minimum atomic E-state index is -2.94. The molecule has 6 aliphatic carbocycles. The van der Waals surface area contributed by atoms with Crippen molar-refractivity contribution in [1.29, 1.82) is 0 Å². The summed E-state index contributed by atoms with van der Waals surface area (Å²) < 4.78 is 99.6. The average molecular weight is 667 g/mol. The summed E-state index contributed by atoms with van der Waals surface area (Å²) in [5.74, 6) is 0.733. The Hall–Kier alpha value is -0.753. The van der Waals surface area contributed by atoms with E-state index in [4.69, 9.17) is 20.9 Å². The number of carbonyl (C=O) groups excluding carboxylic acids is 1. The average Bonchev–Trinajstić information content (AvgIpc) is 3.94. The molecule has 0 heterocycles. The highest BCUT2D eigenvalue weighted by Gasteiger charge is 2.58. The second kappa shape index (κ2) is 12.9. The zero-order valence-corrected chi connectivity index (χ0v) is 30.3. The minimum Gasteiger partial charge on any atom is -0.413 e. The Balaban J connectivity index is 0.000000223. The highest BCUT2D eigenvalue weighted by Crippen LogP contribution is 2.68. The van der Waals surface area contributed by atoms with Crippen LogP contribution in [-0.4, -0.2) is 41.6 Å². The van der Waals surface area contributed by atoms with Crippen LogP contribution < -0.4 is 0 Å². The molecule has 46 heavy (non-hydrogen) atoms. The van der Waals surface area contributed by atoms with E-state index in [1.54, 1.807) is 0 Å². The Labute approximate surface area is 300 Å². The molecule has 4 nitrogen and oxygen atoms in total. The molecule has 0 aliphatic heterocycles. The Morgan fingerprint density at radius 3 is 2.04 bits per heavy atom. The third-order valence-electron chi connectivity index (χ3n) is 12.8. The summed E-state index contributed by atoms with van der Waals surface area (Å²) in [5.41, 5.74) is -2.07. The summed E-state index contributed by atoms with van der Waals surface area (Å²) >= 11 is 0. The lowest BCUT2D eigenvalue weighted by molar-refractivity contribution is -0.128. The lowest BCUT2D eigenvalue weighted by atomic mass is 9.62. The predicted molar refractivity (Wildman–Crippen MR) is 193 cm³/mol. The van der Waals surface area contributed by atoms with Crippen molar-refractivity contribution in [2.75, 3.05) is 0 Å². The molecular formula is C41H70O4Si. The highest BCUT2D eigenvalue weighted by molar-refractivity contribution is 6.69. The zero-order valence-electron chi connectivity index (χ0n) is 41.3. The van der Waals surface area contributed by atoms with Crippen LogP contribution in [0.2, 0.25) is 19.6 Å². The molecule has 5 atom stereocenters. The van der Waals surface area contributed by atoms with E-state index in [1.807, 2.05) is 19.6 Å². The van der Waals surface area contributed by atoms with Crippen LogP contribution in [0.15, 0.2) is 23.3 Å². The molecule has 2 unspecified atom stereocenters. The minimum absolute atomic E-state index is 0.00146. The number of allylic oxidation sites excluding steroid dienone is 4. The molecule has 0 aromatic rings. The van der Waals surface area contributed by atoms with Gasteiger partial charge in [0.1, 0.15) is 5.78 Å². The highest BCUT2D eigenvalue weighted by atomic mass is 28.4. The second-order valence-corrected chi connectivity index (χ2v) is 22.1. The topological polar surface area (TPSA) is 66.8 Å². The van der Waals surface area contributed by atoms with Gasteiger partial charge in [0.25, 0.3) is 0 Å². The number of carbonyl (C=O) groups is 1. The van der Waals surface area contributed by atoms with Gasteiger partial charge in [-0.1, -0.05) is 37.1 Å². The van der Waals surface area contributed by atoms with Crippen molar-refractivity contribution in [2.45, 2.75) is 194 Å². The molecule has 4 fully saturated rings. The molecule has 5 heteroatoms. The van der Waals surface area contributed by atoms with E-state index in [-0.39, 0.29) is 52.4 Å². The lowest BCUT2D eigenvalue weighted by Gasteiger charge is -2.44. The summed E-state index contributed by atoms with van der Waals surface area (Å²) in [4.78, 5) is 12.5. The van der Waals surface area contributed by atoms with Crippen molar-refractivity contribution in [3.8, 4) is 0 Å². The quantitative estimate of drug-likeness (QED) is 0.161. The van der Waals surface area contributed by atoms with E-state index < -0.39 is 46.9 Å². The molecule has 0 saturated heterocycles. The second-order valence-electron chi connectivity index (χ2n) is 17.6. The summed E-state index contributed by atoms with van der Waals surface area (Å²) in [5, 5.41) is 20.9. The van der Waals surface area contributed by atoms with Crippen LogP contribution in [0, 0.1) is 33.5 Å². The molecule has 0 bridgehead atoms. The van der Waals surface area contributed by atoms with Gasteiger partial charge in [-0.3, -0.25) is 4.79 Å². The number of fused-ring (bicyclic) bond motifs is 2. The van der Waals surface area contributed by atoms with E-state index in [0.29, 0.717) is 31.5 Å². The Morgan fingerprint density at radius 2 is 1.46 bits per heavy atom. The molecule has 0 aromatic carbocycles. The number of aliphatic hydroxyl groups excluding tert-OH is 1. The van der Waals surface area contributed by atoms with Crippen molar-refractivity contribution in [3.05, 3.63) is 23.3 Å². The van der Waals surface area contributed by atoms with Crippen molar-refractivity contribution in [1.82, 2.24) is 0 Å². The third kappa shape index (κ3) is 7.84. The summed E-state index contributed by atoms with van der Waals surface area (Å²) in [6.45, 7) is -1.33. The fourth-order valence-electron chi connectivity index (χ4n) is 10.4. The van der Waals surface area contributed by atoms with Crippen LogP contribution in [0.5, 0.6) is 0 Å². The molecule has 0 radical (unpaired) electrons. The molecule has 6 aliphatic rings. The van der Waals surface area contributed by atoms with E-state index in [2.05, 4.69) is 26.0 Å². The van der Waals surface area contributed by atoms with Gasteiger partial charge >= 0.3 is 0 Å². The van der Waals surface area contributed by atoms with Crippen LogP contribution in [0.25, 0.3) is 0 Å². The van der Waals surface area contributed by atoms with Gasteiger partial charge in [-0.15, -0.1) is 0 Å². The fourth-order valence-corrected chi connectivity index (χ4v) is 11.6. The van der Waals surface area contributed by atoms with Gasteiger partial charge in [0.15, 0.2) is 8.32 Å². The van der Waals surface area contributed by atoms with Gasteiger partial charge < -0.3 is 14.6 Å². The van der Waals surface area contributed by atoms with Crippen molar-refractivity contribution < 1.29 is 35.9 Å². The van der Waals surface area contributed by atoms with E-state index in [9.17, 15) is 15.0 Å². The first-order valence-corrected chi connectivity index (χ1v) is 21.7. The van der Waals surface area contributed by atoms with Crippen LogP contribution >= 0.6 is 0 Å². The van der Waals surface area contributed by atoms with Crippen LogP contribution in [0.3, 0.4) is 0 Å². The van der Waals surface area contributed by atoms with Crippen LogP contribution in [0.1, 0.15) is 173 Å². The largest absolute Gasteiger partial charge is 0.413 e. The molecule has 6 rings (SSSR count). The monoisotopic (exact) mass is 667 g/mol. The summed E-state index contributed by atoms with van der Waals surface area (Å²) in [6, 6.07) is 0. The lowest BCUT2D eigenvalue weighted by Crippen LogP contribution is -2.40. The van der Waals surface area contributed by atoms with Crippen LogP contribution in [-0.2, 0) is 9.22 Å². The van der Waals surface area contributed by atoms with E-state index in [1.165, 1.54) is 11.1 Å². The number of ketones is 1. The SMILES string of the molecule is [2H]C([2H])([2H])C(CCCC1(C2=CCC3C(=O)CCC[C@]23C)CC1)(O[Si](C)(C)C)C([2H])([2H])[2H].[2H]C([2H])([2H])C(O)(CCCC1(C2=CCC3[C@@H](O)CCC[C@]23C)CC1)C([2H])([2H])[2H]. The summed E-state index contributed by atoms with van der Waals surface area (Å²) in [6.07, 6.45) is 17.8.